The van der Waals surface area contributed by atoms with Gasteiger partial charge in [-0.1, -0.05) is 12.1 Å². The lowest BCUT2D eigenvalue weighted by molar-refractivity contribution is 0.765. The SMILES string of the molecule is CCN(Cc1cnn(C)c1)c1ccccc1N. The Bertz CT molecular complexity index is 490. The average Bonchev–Trinajstić information content (AvgIpc) is 2.73. The van der Waals surface area contributed by atoms with Crippen molar-refractivity contribution in [3.05, 3.63) is 42.2 Å². The maximum atomic E-state index is 5.99. The van der Waals surface area contributed by atoms with Crippen molar-refractivity contribution < 1.29 is 0 Å². The first-order chi connectivity index (χ1) is 8.20. The van der Waals surface area contributed by atoms with Gasteiger partial charge in [-0.2, -0.15) is 5.10 Å². The van der Waals surface area contributed by atoms with E-state index in [1.165, 1.54) is 5.56 Å². The third-order valence-electron chi connectivity index (χ3n) is 2.79. The molecule has 0 saturated heterocycles. The quantitative estimate of drug-likeness (QED) is 0.817. The second-order valence-corrected chi connectivity index (χ2v) is 4.10. The minimum Gasteiger partial charge on any atom is -0.397 e. The van der Waals surface area contributed by atoms with Crippen molar-refractivity contribution in [2.75, 3.05) is 17.2 Å². The Morgan fingerprint density at radius 1 is 1.35 bits per heavy atom. The number of hydrogen-bond donors (Lipinski definition) is 1. The summed E-state index contributed by atoms with van der Waals surface area (Å²) in [5, 5.41) is 4.18. The van der Waals surface area contributed by atoms with Crippen molar-refractivity contribution in [1.82, 2.24) is 9.78 Å². The summed E-state index contributed by atoms with van der Waals surface area (Å²) in [6.07, 6.45) is 3.92. The predicted octanol–water partition coefficient (Wildman–Crippen LogP) is 2.03. The van der Waals surface area contributed by atoms with E-state index >= 15 is 0 Å². The lowest BCUT2D eigenvalue weighted by Gasteiger charge is -2.23. The first-order valence-corrected chi connectivity index (χ1v) is 5.77. The van der Waals surface area contributed by atoms with Gasteiger partial charge in [0.25, 0.3) is 0 Å². The molecule has 1 aromatic heterocycles. The van der Waals surface area contributed by atoms with Crippen LogP contribution < -0.4 is 10.6 Å². The van der Waals surface area contributed by atoms with E-state index in [1.54, 1.807) is 0 Å². The highest BCUT2D eigenvalue weighted by atomic mass is 15.2. The molecule has 0 radical (unpaired) electrons. The molecule has 0 amide bonds. The number of rotatable bonds is 4. The molecule has 0 unspecified atom stereocenters. The van der Waals surface area contributed by atoms with Crippen LogP contribution in [0.2, 0.25) is 0 Å². The Balaban J connectivity index is 2.20. The van der Waals surface area contributed by atoms with Gasteiger partial charge in [0, 0.05) is 31.9 Å². The van der Waals surface area contributed by atoms with Crippen LogP contribution in [-0.4, -0.2) is 16.3 Å². The minimum atomic E-state index is 0.818. The van der Waals surface area contributed by atoms with Crippen molar-refractivity contribution in [2.24, 2.45) is 7.05 Å². The summed E-state index contributed by atoms with van der Waals surface area (Å²) in [5.41, 5.74) is 9.09. The third-order valence-corrected chi connectivity index (χ3v) is 2.79. The first-order valence-electron chi connectivity index (χ1n) is 5.77. The number of aromatic nitrogens is 2. The van der Waals surface area contributed by atoms with Gasteiger partial charge >= 0.3 is 0 Å². The maximum Gasteiger partial charge on any atom is 0.0602 e. The van der Waals surface area contributed by atoms with Gasteiger partial charge < -0.3 is 10.6 Å². The number of nitrogen functional groups attached to an aromatic ring is 1. The van der Waals surface area contributed by atoms with Crippen LogP contribution in [0.5, 0.6) is 0 Å². The largest absolute Gasteiger partial charge is 0.397 e. The normalized spacial score (nSPS) is 10.5. The van der Waals surface area contributed by atoms with E-state index in [0.29, 0.717) is 0 Å². The molecule has 1 aromatic carbocycles. The highest BCUT2D eigenvalue weighted by molar-refractivity contribution is 5.67. The average molecular weight is 230 g/mol. The van der Waals surface area contributed by atoms with Crippen LogP contribution in [0.15, 0.2) is 36.7 Å². The van der Waals surface area contributed by atoms with Crippen LogP contribution in [-0.2, 0) is 13.6 Å². The zero-order chi connectivity index (χ0) is 12.3. The number of anilines is 2. The molecule has 1 heterocycles. The van der Waals surface area contributed by atoms with Gasteiger partial charge in [-0.05, 0) is 19.1 Å². The van der Waals surface area contributed by atoms with E-state index in [1.807, 2.05) is 42.3 Å². The highest BCUT2D eigenvalue weighted by Gasteiger charge is 2.08. The van der Waals surface area contributed by atoms with Crippen molar-refractivity contribution in [3.8, 4) is 0 Å². The molecule has 90 valence electrons. The molecule has 17 heavy (non-hydrogen) atoms. The lowest BCUT2D eigenvalue weighted by atomic mass is 10.2. The van der Waals surface area contributed by atoms with E-state index in [-0.39, 0.29) is 0 Å². The molecule has 2 N–H and O–H groups in total. The van der Waals surface area contributed by atoms with Crippen molar-refractivity contribution in [3.63, 3.8) is 0 Å². The van der Waals surface area contributed by atoms with Gasteiger partial charge in [0.15, 0.2) is 0 Å². The summed E-state index contributed by atoms with van der Waals surface area (Å²) < 4.78 is 1.82. The Hall–Kier alpha value is -1.97. The molecule has 4 heteroatoms. The topological polar surface area (TPSA) is 47.1 Å². The van der Waals surface area contributed by atoms with E-state index in [4.69, 9.17) is 5.73 Å². The number of para-hydroxylation sites is 2. The molecule has 0 fully saturated rings. The first kappa shape index (κ1) is 11.5. The third kappa shape index (κ3) is 2.58. The summed E-state index contributed by atoms with van der Waals surface area (Å²) >= 11 is 0. The van der Waals surface area contributed by atoms with E-state index in [0.717, 1.165) is 24.5 Å². The van der Waals surface area contributed by atoms with Crippen LogP contribution >= 0.6 is 0 Å². The molecule has 0 atom stereocenters. The standard InChI is InChI=1S/C13H18N4/c1-3-17(10-11-8-15-16(2)9-11)13-7-5-4-6-12(13)14/h4-9H,3,10,14H2,1-2H3. The molecule has 0 spiro atoms. The fourth-order valence-corrected chi connectivity index (χ4v) is 1.92. The zero-order valence-corrected chi connectivity index (χ0v) is 10.3. The van der Waals surface area contributed by atoms with Gasteiger partial charge in [0.2, 0.25) is 0 Å². The molecular weight excluding hydrogens is 212 g/mol. The Morgan fingerprint density at radius 2 is 2.12 bits per heavy atom. The number of benzene rings is 1. The Kier molecular flexibility index (Phi) is 3.32. The van der Waals surface area contributed by atoms with E-state index in [2.05, 4.69) is 23.0 Å². The Labute approximate surface area is 102 Å². The summed E-state index contributed by atoms with van der Waals surface area (Å²) in [7, 11) is 1.93. The zero-order valence-electron chi connectivity index (χ0n) is 10.3. The fourth-order valence-electron chi connectivity index (χ4n) is 1.92. The number of nitrogens with two attached hydrogens (primary N) is 1. The second-order valence-electron chi connectivity index (χ2n) is 4.10. The van der Waals surface area contributed by atoms with Crippen LogP contribution in [0.1, 0.15) is 12.5 Å². The van der Waals surface area contributed by atoms with Crippen LogP contribution in [0.4, 0.5) is 11.4 Å². The van der Waals surface area contributed by atoms with E-state index < -0.39 is 0 Å². The smallest absolute Gasteiger partial charge is 0.0602 e. The molecule has 0 aliphatic heterocycles. The summed E-state index contributed by atoms with van der Waals surface area (Å²) in [6, 6.07) is 7.95. The minimum absolute atomic E-state index is 0.818. The monoisotopic (exact) mass is 230 g/mol. The molecule has 2 rings (SSSR count). The number of nitrogens with zero attached hydrogens (tertiary/aromatic N) is 3. The van der Waals surface area contributed by atoms with Crippen molar-refractivity contribution in [2.45, 2.75) is 13.5 Å². The molecule has 2 aromatic rings. The molecular formula is C13H18N4. The van der Waals surface area contributed by atoms with Gasteiger partial charge in [-0.3, -0.25) is 4.68 Å². The van der Waals surface area contributed by atoms with Crippen LogP contribution in [0, 0.1) is 0 Å². The van der Waals surface area contributed by atoms with Gasteiger partial charge in [-0.15, -0.1) is 0 Å². The summed E-state index contributed by atoms with van der Waals surface area (Å²) in [4.78, 5) is 2.24. The van der Waals surface area contributed by atoms with Crippen molar-refractivity contribution >= 4 is 11.4 Å². The van der Waals surface area contributed by atoms with Crippen LogP contribution in [0.3, 0.4) is 0 Å². The maximum absolute atomic E-state index is 5.99. The summed E-state index contributed by atoms with van der Waals surface area (Å²) in [5.74, 6) is 0. The van der Waals surface area contributed by atoms with Gasteiger partial charge in [0.1, 0.15) is 0 Å². The summed E-state index contributed by atoms with van der Waals surface area (Å²) in [6.45, 7) is 3.88. The highest BCUT2D eigenvalue weighted by Crippen LogP contribution is 2.23. The fraction of sp³-hybridized carbons (Fsp3) is 0.308. The molecule has 0 saturated carbocycles. The second kappa shape index (κ2) is 4.91. The van der Waals surface area contributed by atoms with E-state index in [9.17, 15) is 0 Å². The predicted molar refractivity (Wildman–Crippen MR) is 70.8 cm³/mol. The van der Waals surface area contributed by atoms with Crippen molar-refractivity contribution in [1.29, 1.82) is 0 Å². The Morgan fingerprint density at radius 3 is 2.71 bits per heavy atom. The molecule has 0 bridgehead atoms. The van der Waals surface area contributed by atoms with Crippen LogP contribution in [0.25, 0.3) is 0 Å². The number of aryl methyl sites for hydroxylation is 1. The van der Waals surface area contributed by atoms with Gasteiger partial charge in [0.05, 0.1) is 17.6 Å². The molecule has 0 aliphatic carbocycles. The van der Waals surface area contributed by atoms with Gasteiger partial charge in [-0.25, -0.2) is 0 Å². The molecule has 4 nitrogen and oxygen atoms in total. The molecule has 0 aliphatic rings. The lowest BCUT2D eigenvalue weighted by Crippen LogP contribution is -2.22. The number of hydrogen-bond acceptors (Lipinski definition) is 3.